The van der Waals surface area contributed by atoms with Crippen LogP contribution in [0.2, 0.25) is 0 Å². The highest BCUT2D eigenvalue weighted by atomic mass is 16.5. The van der Waals surface area contributed by atoms with Crippen molar-refractivity contribution in [2.45, 2.75) is 32.3 Å². The summed E-state index contributed by atoms with van der Waals surface area (Å²) in [5.74, 6) is 0.913. The first-order valence-corrected chi connectivity index (χ1v) is 8.82. The quantitative estimate of drug-likeness (QED) is 0.548. The Labute approximate surface area is 135 Å². The van der Waals surface area contributed by atoms with E-state index in [0.29, 0.717) is 0 Å². The van der Waals surface area contributed by atoms with Crippen molar-refractivity contribution in [2.24, 2.45) is 4.99 Å². The van der Waals surface area contributed by atoms with Crippen molar-refractivity contribution < 1.29 is 4.74 Å². The normalized spacial score (nSPS) is 25.2. The predicted octanol–water partition coefficient (Wildman–Crippen LogP) is 0.358. The highest BCUT2D eigenvalue weighted by Gasteiger charge is 2.17. The predicted molar refractivity (Wildman–Crippen MR) is 91.5 cm³/mol. The molecule has 6 heteroatoms. The number of piperidine rings is 1. The van der Waals surface area contributed by atoms with E-state index in [9.17, 15) is 0 Å². The highest BCUT2D eigenvalue weighted by Crippen LogP contribution is 2.07. The van der Waals surface area contributed by atoms with Crippen LogP contribution in [0.3, 0.4) is 0 Å². The summed E-state index contributed by atoms with van der Waals surface area (Å²) >= 11 is 0. The first-order valence-electron chi connectivity index (χ1n) is 8.82. The SMILES string of the molecule is CCNC(=NCC1CN(C)CCO1)NCCN1CCCCC1. The number of guanidine groups is 1. The minimum absolute atomic E-state index is 0.219. The first-order chi connectivity index (χ1) is 10.8. The van der Waals surface area contributed by atoms with Gasteiger partial charge in [-0.25, -0.2) is 0 Å². The summed E-state index contributed by atoms with van der Waals surface area (Å²) in [5.41, 5.74) is 0. The van der Waals surface area contributed by atoms with Crippen LogP contribution in [0.25, 0.3) is 0 Å². The van der Waals surface area contributed by atoms with Crippen LogP contribution < -0.4 is 10.6 Å². The maximum atomic E-state index is 5.76. The van der Waals surface area contributed by atoms with Gasteiger partial charge in [0.05, 0.1) is 19.3 Å². The van der Waals surface area contributed by atoms with Crippen LogP contribution in [-0.4, -0.2) is 87.9 Å². The zero-order valence-corrected chi connectivity index (χ0v) is 14.3. The number of hydrogen-bond acceptors (Lipinski definition) is 4. The van der Waals surface area contributed by atoms with Gasteiger partial charge in [0.25, 0.3) is 0 Å². The molecule has 6 nitrogen and oxygen atoms in total. The monoisotopic (exact) mass is 311 g/mol. The van der Waals surface area contributed by atoms with E-state index in [2.05, 4.69) is 39.4 Å². The van der Waals surface area contributed by atoms with Gasteiger partial charge in [-0.15, -0.1) is 0 Å². The smallest absolute Gasteiger partial charge is 0.191 e. The van der Waals surface area contributed by atoms with Crippen LogP contribution in [0, 0.1) is 0 Å². The second kappa shape index (κ2) is 10.0. The molecule has 2 saturated heterocycles. The molecule has 2 N–H and O–H groups in total. The van der Waals surface area contributed by atoms with Gasteiger partial charge in [-0.05, 0) is 39.9 Å². The van der Waals surface area contributed by atoms with E-state index in [1.54, 1.807) is 0 Å². The molecule has 0 bridgehead atoms. The highest BCUT2D eigenvalue weighted by molar-refractivity contribution is 5.79. The van der Waals surface area contributed by atoms with Crippen LogP contribution in [0.1, 0.15) is 26.2 Å². The van der Waals surface area contributed by atoms with Gasteiger partial charge in [0, 0.05) is 32.7 Å². The molecule has 0 aromatic carbocycles. The molecule has 0 aromatic heterocycles. The molecule has 128 valence electrons. The molecule has 1 unspecified atom stereocenters. The van der Waals surface area contributed by atoms with Crippen LogP contribution in [0.5, 0.6) is 0 Å². The topological polar surface area (TPSA) is 52.1 Å². The molecule has 0 saturated carbocycles. The Morgan fingerprint density at radius 2 is 2.00 bits per heavy atom. The lowest BCUT2D eigenvalue weighted by molar-refractivity contribution is -0.0136. The van der Waals surface area contributed by atoms with Crippen molar-refractivity contribution in [3.05, 3.63) is 0 Å². The third-order valence-electron chi connectivity index (χ3n) is 4.31. The van der Waals surface area contributed by atoms with Crippen molar-refractivity contribution in [3.63, 3.8) is 0 Å². The molecule has 0 aliphatic carbocycles. The summed E-state index contributed by atoms with van der Waals surface area (Å²) in [7, 11) is 2.14. The lowest BCUT2D eigenvalue weighted by Gasteiger charge is -2.29. The molecule has 22 heavy (non-hydrogen) atoms. The number of aliphatic imine (C=N–C) groups is 1. The Kier molecular flexibility index (Phi) is 7.98. The molecule has 1 atom stereocenters. The first kappa shape index (κ1) is 17.5. The van der Waals surface area contributed by atoms with Crippen molar-refractivity contribution in [1.82, 2.24) is 20.4 Å². The maximum Gasteiger partial charge on any atom is 0.191 e. The Hall–Kier alpha value is -0.850. The van der Waals surface area contributed by atoms with Gasteiger partial charge in [-0.3, -0.25) is 4.99 Å². The number of likely N-dealkylation sites (tertiary alicyclic amines) is 1. The summed E-state index contributed by atoms with van der Waals surface area (Å²) in [5, 5.41) is 6.77. The van der Waals surface area contributed by atoms with Crippen LogP contribution in [0.15, 0.2) is 4.99 Å². The number of ether oxygens (including phenoxy) is 1. The van der Waals surface area contributed by atoms with Crippen molar-refractivity contribution in [3.8, 4) is 0 Å². The largest absolute Gasteiger partial charge is 0.374 e. The van der Waals surface area contributed by atoms with Gasteiger partial charge in [0.1, 0.15) is 0 Å². The second-order valence-electron chi connectivity index (χ2n) is 6.30. The van der Waals surface area contributed by atoms with Crippen molar-refractivity contribution in [2.75, 3.05) is 66.0 Å². The second-order valence-corrected chi connectivity index (χ2v) is 6.30. The van der Waals surface area contributed by atoms with Gasteiger partial charge in [-0.2, -0.15) is 0 Å². The van der Waals surface area contributed by atoms with E-state index in [1.807, 2.05) is 0 Å². The van der Waals surface area contributed by atoms with Gasteiger partial charge in [-0.1, -0.05) is 6.42 Å². The lowest BCUT2D eigenvalue weighted by atomic mass is 10.1. The average molecular weight is 311 g/mol. The molecule has 2 aliphatic rings. The summed E-state index contributed by atoms with van der Waals surface area (Å²) < 4.78 is 5.76. The molecule has 2 heterocycles. The number of rotatable bonds is 6. The minimum Gasteiger partial charge on any atom is -0.374 e. The number of nitrogens with zero attached hydrogens (tertiary/aromatic N) is 3. The molecular weight excluding hydrogens is 278 g/mol. The van der Waals surface area contributed by atoms with Gasteiger partial charge in [0.2, 0.25) is 0 Å². The maximum absolute atomic E-state index is 5.76. The van der Waals surface area contributed by atoms with Gasteiger partial charge < -0.3 is 25.2 Å². The Balaban J connectivity index is 1.69. The molecule has 2 fully saturated rings. The van der Waals surface area contributed by atoms with Gasteiger partial charge in [0.15, 0.2) is 5.96 Å². The summed E-state index contributed by atoms with van der Waals surface area (Å²) in [6.45, 7) is 11.1. The standard InChI is InChI=1S/C16H33N5O/c1-3-17-16(18-7-10-21-8-5-4-6-9-21)19-13-15-14-20(2)11-12-22-15/h15H,3-14H2,1-2H3,(H2,17,18,19). The fourth-order valence-electron chi connectivity index (χ4n) is 3.03. The van der Waals surface area contributed by atoms with E-state index < -0.39 is 0 Å². The molecular formula is C16H33N5O. The lowest BCUT2D eigenvalue weighted by Crippen LogP contribution is -2.44. The minimum atomic E-state index is 0.219. The van der Waals surface area contributed by atoms with Crippen LogP contribution >= 0.6 is 0 Å². The van der Waals surface area contributed by atoms with E-state index in [4.69, 9.17) is 4.74 Å². The Morgan fingerprint density at radius 3 is 2.73 bits per heavy atom. The molecule has 0 radical (unpaired) electrons. The zero-order valence-electron chi connectivity index (χ0n) is 14.3. The summed E-state index contributed by atoms with van der Waals surface area (Å²) in [4.78, 5) is 9.53. The summed E-state index contributed by atoms with van der Waals surface area (Å²) in [6.07, 6.45) is 4.31. The third kappa shape index (κ3) is 6.50. The molecule has 0 amide bonds. The van der Waals surface area contributed by atoms with E-state index >= 15 is 0 Å². The van der Waals surface area contributed by atoms with Crippen molar-refractivity contribution >= 4 is 5.96 Å². The molecule has 0 spiro atoms. The number of hydrogen-bond donors (Lipinski definition) is 2. The Bertz CT molecular complexity index is 330. The van der Waals surface area contributed by atoms with Gasteiger partial charge >= 0.3 is 0 Å². The van der Waals surface area contributed by atoms with Crippen LogP contribution in [-0.2, 0) is 4.74 Å². The number of morpholine rings is 1. The average Bonchev–Trinajstić information content (AvgIpc) is 2.54. The van der Waals surface area contributed by atoms with E-state index in [1.165, 1.54) is 32.4 Å². The molecule has 2 aliphatic heterocycles. The van der Waals surface area contributed by atoms with E-state index in [0.717, 1.165) is 51.8 Å². The van der Waals surface area contributed by atoms with Crippen LogP contribution in [0.4, 0.5) is 0 Å². The number of nitrogens with one attached hydrogen (secondary N) is 2. The Morgan fingerprint density at radius 1 is 1.18 bits per heavy atom. The molecule has 2 rings (SSSR count). The summed E-state index contributed by atoms with van der Waals surface area (Å²) in [6, 6.07) is 0. The fraction of sp³-hybridized carbons (Fsp3) is 0.938. The molecule has 0 aromatic rings. The van der Waals surface area contributed by atoms with E-state index in [-0.39, 0.29) is 6.10 Å². The zero-order chi connectivity index (χ0) is 15.6. The number of likely N-dealkylation sites (N-methyl/N-ethyl adjacent to an activating group) is 1. The third-order valence-corrected chi connectivity index (χ3v) is 4.31. The fourth-order valence-corrected chi connectivity index (χ4v) is 3.03. The van der Waals surface area contributed by atoms with Crippen molar-refractivity contribution in [1.29, 1.82) is 0 Å².